The van der Waals surface area contributed by atoms with E-state index in [1.165, 1.54) is 0 Å². The number of rotatable bonds is 3. The van der Waals surface area contributed by atoms with Crippen molar-refractivity contribution in [2.45, 2.75) is 25.4 Å². The number of carbonyl (C=O) groups excluding carboxylic acids is 1. The van der Waals surface area contributed by atoms with E-state index in [0.717, 1.165) is 44.7 Å². The zero-order valence-electron chi connectivity index (χ0n) is 12.7. The first-order valence-electron chi connectivity index (χ1n) is 7.98. The highest BCUT2D eigenvalue weighted by molar-refractivity contribution is 5.94. The molecule has 1 aromatic rings. The Morgan fingerprint density at radius 1 is 1.27 bits per heavy atom. The molecular formula is C16H23N3O3. The Morgan fingerprint density at radius 3 is 2.64 bits per heavy atom. The predicted molar refractivity (Wildman–Crippen MR) is 82.8 cm³/mol. The Hall–Kier alpha value is -1.66. The van der Waals surface area contributed by atoms with Gasteiger partial charge in [0.15, 0.2) is 0 Å². The quantitative estimate of drug-likeness (QED) is 0.850. The highest BCUT2D eigenvalue weighted by atomic mass is 16.3. The van der Waals surface area contributed by atoms with Crippen LogP contribution in [-0.2, 0) is 0 Å². The Labute approximate surface area is 130 Å². The minimum atomic E-state index is -0.536. The second-order valence-electron chi connectivity index (χ2n) is 6.15. The molecule has 6 nitrogen and oxygen atoms in total. The Balaban J connectivity index is 1.65. The Bertz CT molecular complexity index is 514. The summed E-state index contributed by atoms with van der Waals surface area (Å²) in [5, 5.41) is 19.2. The van der Waals surface area contributed by atoms with Gasteiger partial charge in [-0.25, -0.2) is 4.98 Å². The highest BCUT2D eigenvalue weighted by Gasteiger charge is 2.28. The van der Waals surface area contributed by atoms with Gasteiger partial charge in [0, 0.05) is 44.9 Å². The van der Waals surface area contributed by atoms with E-state index < -0.39 is 6.10 Å². The molecule has 2 N–H and O–H groups in total. The molecule has 0 aromatic carbocycles. The first-order valence-corrected chi connectivity index (χ1v) is 7.98. The first kappa shape index (κ1) is 15.2. The molecule has 22 heavy (non-hydrogen) atoms. The molecule has 2 saturated heterocycles. The second-order valence-corrected chi connectivity index (χ2v) is 6.15. The van der Waals surface area contributed by atoms with Crippen LogP contribution in [0.4, 0.5) is 5.82 Å². The summed E-state index contributed by atoms with van der Waals surface area (Å²) in [6.07, 6.45) is 3.99. The van der Waals surface area contributed by atoms with Crippen LogP contribution in [0.25, 0.3) is 0 Å². The molecule has 0 aliphatic carbocycles. The summed E-state index contributed by atoms with van der Waals surface area (Å²) in [7, 11) is 0. The average Bonchev–Trinajstić information content (AvgIpc) is 3.09. The number of likely N-dealkylation sites (tertiary alicyclic amines) is 1. The fourth-order valence-electron chi connectivity index (χ4n) is 3.20. The molecule has 3 heterocycles. The number of pyridine rings is 1. The van der Waals surface area contributed by atoms with Crippen molar-refractivity contribution in [3.8, 4) is 0 Å². The van der Waals surface area contributed by atoms with Gasteiger partial charge >= 0.3 is 0 Å². The van der Waals surface area contributed by atoms with Crippen LogP contribution >= 0.6 is 0 Å². The molecule has 0 radical (unpaired) electrons. The van der Waals surface area contributed by atoms with Crippen molar-refractivity contribution in [1.29, 1.82) is 0 Å². The molecule has 0 spiro atoms. The van der Waals surface area contributed by atoms with E-state index in [9.17, 15) is 15.0 Å². The summed E-state index contributed by atoms with van der Waals surface area (Å²) in [6.45, 7) is 2.92. The summed E-state index contributed by atoms with van der Waals surface area (Å²) in [5.41, 5.74) is 0.622. The molecule has 0 saturated carbocycles. The van der Waals surface area contributed by atoms with Gasteiger partial charge in [0.2, 0.25) is 0 Å². The van der Waals surface area contributed by atoms with Crippen molar-refractivity contribution in [2.75, 3.05) is 37.7 Å². The number of nitrogens with zero attached hydrogens (tertiary/aromatic N) is 3. The van der Waals surface area contributed by atoms with Crippen LogP contribution in [0, 0.1) is 5.92 Å². The van der Waals surface area contributed by atoms with Crippen molar-refractivity contribution >= 4 is 11.7 Å². The summed E-state index contributed by atoms with van der Waals surface area (Å²) in [4.78, 5) is 20.5. The second kappa shape index (κ2) is 6.62. The third-order valence-electron chi connectivity index (χ3n) is 4.67. The molecule has 2 fully saturated rings. The lowest BCUT2D eigenvalue weighted by Gasteiger charge is -2.35. The van der Waals surface area contributed by atoms with Crippen molar-refractivity contribution in [1.82, 2.24) is 9.88 Å². The van der Waals surface area contributed by atoms with Crippen molar-refractivity contribution in [2.24, 2.45) is 5.92 Å². The van der Waals surface area contributed by atoms with E-state index >= 15 is 0 Å². The maximum Gasteiger partial charge on any atom is 0.255 e. The van der Waals surface area contributed by atoms with Gasteiger partial charge in [-0.15, -0.1) is 0 Å². The van der Waals surface area contributed by atoms with Crippen LogP contribution in [-0.4, -0.2) is 64.9 Å². The predicted octanol–water partition coefficient (Wildman–Crippen LogP) is 0.497. The van der Waals surface area contributed by atoms with Crippen LogP contribution in [0.2, 0.25) is 0 Å². The Kier molecular flexibility index (Phi) is 4.59. The van der Waals surface area contributed by atoms with Crippen molar-refractivity contribution in [3.05, 3.63) is 23.9 Å². The standard InChI is InChI=1S/C16H23N3O3/c20-11-13-5-8-19(10-14(13)21)15-4-3-12(9-17-15)16(22)18-6-1-2-7-18/h3-4,9,13-14,20-21H,1-2,5-8,10-11H2/t13-,14+/m1/s1. The first-order chi connectivity index (χ1) is 10.7. The number of hydrogen-bond acceptors (Lipinski definition) is 5. The Morgan fingerprint density at radius 2 is 2.05 bits per heavy atom. The van der Waals surface area contributed by atoms with Gasteiger partial charge in [-0.05, 0) is 31.4 Å². The minimum absolute atomic E-state index is 0.0196. The van der Waals surface area contributed by atoms with Gasteiger partial charge in [-0.1, -0.05) is 0 Å². The lowest BCUT2D eigenvalue weighted by atomic mass is 9.95. The maximum absolute atomic E-state index is 12.3. The van der Waals surface area contributed by atoms with Crippen LogP contribution in [0.5, 0.6) is 0 Å². The number of aromatic nitrogens is 1. The average molecular weight is 305 g/mol. The van der Waals surface area contributed by atoms with Crippen LogP contribution in [0.1, 0.15) is 29.6 Å². The SMILES string of the molecule is O=C(c1ccc(N2CC[C@H](CO)[C@@H](O)C2)nc1)N1CCCC1. The number of anilines is 1. The van der Waals surface area contributed by atoms with E-state index in [1.807, 2.05) is 21.9 Å². The van der Waals surface area contributed by atoms with Gasteiger partial charge in [0.05, 0.1) is 11.7 Å². The zero-order valence-corrected chi connectivity index (χ0v) is 12.7. The van der Waals surface area contributed by atoms with Crippen LogP contribution < -0.4 is 4.90 Å². The fraction of sp³-hybridized carbons (Fsp3) is 0.625. The van der Waals surface area contributed by atoms with Crippen molar-refractivity contribution in [3.63, 3.8) is 0 Å². The number of aliphatic hydroxyl groups is 2. The van der Waals surface area contributed by atoms with Crippen LogP contribution in [0.15, 0.2) is 18.3 Å². The number of hydrogen-bond donors (Lipinski definition) is 2. The van der Waals surface area contributed by atoms with Gasteiger partial charge in [-0.2, -0.15) is 0 Å². The largest absolute Gasteiger partial charge is 0.396 e. The van der Waals surface area contributed by atoms with E-state index in [0.29, 0.717) is 12.1 Å². The number of aliphatic hydroxyl groups excluding tert-OH is 2. The summed E-state index contributed by atoms with van der Waals surface area (Å²) in [5.74, 6) is 0.774. The summed E-state index contributed by atoms with van der Waals surface area (Å²) in [6, 6.07) is 3.66. The smallest absolute Gasteiger partial charge is 0.255 e. The number of piperidine rings is 1. The minimum Gasteiger partial charge on any atom is -0.396 e. The molecule has 2 aliphatic rings. The van der Waals surface area contributed by atoms with Gasteiger partial charge < -0.3 is 20.0 Å². The molecular weight excluding hydrogens is 282 g/mol. The van der Waals surface area contributed by atoms with Gasteiger partial charge in [0.25, 0.3) is 5.91 Å². The molecule has 3 rings (SSSR count). The molecule has 2 atom stereocenters. The molecule has 1 amide bonds. The van der Waals surface area contributed by atoms with E-state index in [2.05, 4.69) is 4.98 Å². The van der Waals surface area contributed by atoms with Crippen molar-refractivity contribution < 1.29 is 15.0 Å². The molecule has 0 unspecified atom stereocenters. The molecule has 6 heteroatoms. The molecule has 1 aromatic heterocycles. The molecule has 2 aliphatic heterocycles. The number of β-amino-alcohol motifs (C(OH)–C–C–N with tert-alkyl or cyclic N) is 1. The molecule has 120 valence electrons. The lowest BCUT2D eigenvalue weighted by molar-refractivity contribution is 0.0546. The highest BCUT2D eigenvalue weighted by Crippen LogP contribution is 2.22. The van der Waals surface area contributed by atoms with Gasteiger partial charge in [-0.3, -0.25) is 4.79 Å². The summed E-state index contributed by atoms with van der Waals surface area (Å²) >= 11 is 0. The topological polar surface area (TPSA) is 76.9 Å². The number of carbonyl (C=O) groups is 1. The normalized spacial score (nSPS) is 25.5. The summed E-state index contributed by atoms with van der Waals surface area (Å²) < 4.78 is 0. The monoisotopic (exact) mass is 305 g/mol. The lowest BCUT2D eigenvalue weighted by Crippen LogP contribution is -2.45. The third kappa shape index (κ3) is 3.08. The third-order valence-corrected chi connectivity index (χ3v) is 4.67. The van der Waals surface area contributed by atoms with Gasteiger partial charge in [0.1, 0.15) is 5.82 Å². The zero-order chi connectivity index (χ0) is 15.5. The van der Waals surface area contributed by atoms with E-state index in [1.54, 1.807) is 6.20 Å². The van der Waals surface area contributed by atoms with E-state index in [4.69, 9.17) is 0 Å². The van der Waals surface area contributed by atoms with E-state index in [-0.39, 0.29) is 18.4 Å². The fourth-order valence-corrected chi connectivity index (χ4v) is 3.20. The maximum atomic E-state index is 12.3. The number of amides is 1. The van der Waals surface area contributed by atoms with Crippen LogP contribution in [0.3, 0.4) is 0 Å². The molecule has 0 bridgehead atoms.